The summed E-state index contributed by atoms with van der Waals surface area (Å²) in [5, 5.41) is 56.5. The summed E-state index contributed by atoms with van der Waals surface area (Å²) < 4.78 is 60.5. The molecule has 2 atom stereocenters. The van der Waals surface area contributed by atoms with Gasteiger partial charge in [-0.2, -0.15) is 0 Å². The molecule has 2 aliphatic heterocycles. The largest absolute Gasteiger partial charge is 0.547 e. The van der Waals surface area contributed by atoms with E-state index in [9.17, 15) is 66.6 Å². The molecule has 0 bridgehead atoms. The third-order valence-electron chi connectivity index (χ3n) is 8.44. The van der Waals surface area contributed by atoms with Gasteiger partial charge in [-0.25, -0.2) is 40.8 Å². The Balaban J connectivity index is 1.33. The van der Waals surface area contributed by atoms with Gasteiger partial charge in [0.05, 0.1) is 24.8 Å². The molecule has 2 aliphatic rings. The molecule has 0 spiro atoms. The molecule has 5 rings (SSSR count). The lowest BCUT2D eigenvalue weighted by Crippen LogP contribution is -2.56. The van der Waals surface area contributed by atoms with Crippen molar-refractivity contribution in [1.29, 1.82) is 0 Å². The number of amides is 6. The SMILES string of the molecule is Cc1c([C@H](NC(=O)N2CCN(S(=O)(=O)CCNC(=O)c3ccc(O)cc3)C2=O)C(=O)N[C@H]2Cc3ccc(F)c(C(=O)O)c3OB2O)cc(F)c(O)c1O. The van der Waals surface area contributed by atoms with Crippen LogP contribution in [0.1, 0.15) is 43.4 Å². The Morgan fingerprint density at radius 3 is 2.36 bits per heavy atom. The molecule has 3 aromatic carbocycles. The van der Waals surface area contributed by atoms with E-state index in [2.05, 4.69) is 16.0 Å². The third-order valence-corrected chi connectivity index (χ3v) is 10.2. The van der Waals surface area contributed by atoms with E-state index >= 15 is 0 Å². The quantitative estimate of drug-likeness (QED) is 0.103. The number of imide groups is 1. The minimum absolute atomic E-state index is 0.0633. The van der Waals surface area contributed by atoms with Gasteiger partial charge in [-0.1, -0.05) is 6.07 Å². The highest BCUT2D eigenvalue weighted by Crippen LogP contribution is 2.37. The number of phenolic OH excluding ortho intramolecular Hbond substituents is 3. The highest BCUT2D eigenvalue weighted by Gasteiger charge is 2.43. The first kappa shape index (κ1) is 38.1. The topological polar surface area (TPSA) is 272 Å². The molecule has 0 aromatic heterocycles. The number of phenols is 3. The predicted molar refractivity (Wildman–Crippen MR) is 176 cm³/mol. The number of nitrogens with one attached hydrogen (secondary N) is 3. The first-order valence-electron chi connectivity index (χ1n) is 15.5. The van der Waals surface area contributed by atoms with Crippen LogP contribution in [0.25, 0.3) is 0 Å². The number of carbonyl (C=O) groups excluding carboxylic acids is 4. The Morgan fingerprint density at radius 2 is 1.70 bits per heavy atom. The van der Waals surface area contributed by atoms with Gasteiger partial charge in [0.2, 0.25) is 15.9 Å². The Bertz CT molecular complexity index is 2120. The number of urea groups is 2. The summed E-state index contributed by atoms with van der Waals surface area (Å²) in [5.41, 5.74) is -1.43. The van der Waals surface area contributed by atoms with E-state index in [-0.39, 0.29) is 28.9 Å². The Morgan fingerprint density at radius 1 is 1.02 bits per heavy atom. The third kappa shape index (κ3) is 7.72. The van der Waals surface area contributed by atoms with Gasteiger partial charge < -0.3 is 46.1 Å². The molecule has 6 amide bonds. The predicted octanol–water partition coefficient (Wildman–Crippen LogP) is 0.476. The molecule has 0 unspecified atom stereocenters. The number of carbonyl (C=O) groups is 5. The number of hydrogen-bond donors (Lipinski definition) is 8. The lowest BCUT2D eigenvalue weighted by Gasteiger charge is -2.31. The second kappa shape index (κ2) is 14.8. The van der Waals surface area contributed by atoms with Crippen molar-refractivity contribution < 1.29 is 71.3 Å². The van der Waals surface area contributed by atoms with Crippen LogP contribution in [0, 0.1) is 18.6 Å². The molecule has 2 heterocycles. The van der Waals surface area contributed by atoms with Crippen LogP contribution in [-0.4, -0.2) is 111 Å². The smallest absolute Gasteiger partial charge is 0.534 e. The van der Waals surface area contributed by atoms with Crippen LogP contribution >= 0.6 is 0 Å². The van der Waals surface area contributed by atoms with Gasteiger partial charge in [0.25, 0.3) is 5.91 Å². The molecule has 280 valence electrons. The number of fused-ring (bicyclic) bond motifs is 1. The van der Waals surface area contributed by atoms with Crippen LogP contribution in [-0.2, 0) is 21.2 Å². The van der Waals surface area contributed by atoms with Gasteiger partial charge in [0.1, 0.15) is 28.9 Å². The van der Waals surface area contributed by atoms with Gasteiger partial charge >= 0.3 is 25.1 Å². The number of nitrogens with zero attached hydrogens (tertiary/aromatic N) is 2. The Labute approximate surface area is 298 Å². The zero-order valence-electron chi connectivity index (χ0n) is 27.4. The first-order chi connectivity index (χ1) is 24.9. The number of aromatic hydroxyl groups is 3. The van der Waals surface area contributed by atoms with E-state index in [0.717, 1.165) is 19.1 Å². The van der Waals surface area contributed by atoms with Crippen LogP contribution in [0.4, 0.5) is 18.4 Å². The van der Waals surface area contributed by atoms with Crippen LogP contribution < -0.4 is 20.6 Å². The van der Waals surface area contributed by atoms with Gasteiger partial charge in [0.15, 0.2) is 17.3 Å². The molecule has 18 nitrogen and oxygen atoms in total. The zero-order chi connectivity index (χ0) is 38.9. The molecule has 0 saturated carbocycles. The van der Waals surface area contributed by atoms with Gasteiger partial charge in [-0.3, -0.25) is 9.59 Å². The highest BCUT2D eigenvalue weighted by atomic mass is 32.2. The van der Waals surface area contributed by atoms with Crippen molar-refractivity contribution in [2.75, 3.05) is 25.4 Å². The maximum atomic E-state index is 14.6. The lowest BCUT2D eigenvalue weighted by atomic mass is 9.72. The monoisotopic (exact) mass is 761 g/mol. The number of sulfonamides is 1. The molecular formula is C31H30BF2N5O13S. The molecule has 0 aliphatic carbocycles. The number of rotatable bonds is 10. The Kier molecular flexibility index (Phi) is 10.7. The second-order valence-corrected chi connectivity index (χ2v) is 13.8. The van der Waals surface area contributed by atoms with Crippen molar-refractivity contribution in [3.8, 4) is 23.0 Å². The number of benzene rings is 3. The van der Waals surface area contributed by atoms with Crippen molar-refractivity contribution in [3.63, 3.8) is 0 Å². The lowest BCUT2D eigenvalue weighted by molar-refractivity contribution is -0.123. The molecular weight excluding hydrogens is 731 g/mol. The van der Waals surface area contributed by atoms with Gasteiger partial charge in [0, 0.05) is 17.7 Å². The minimum atomic E-state index is -4.43. The van der Waals surface area contributed by atoms with E-state index < -0.39 is 124 Å². The van der Waals surface area contributed by atoms with Gasteiger partial charge in [-0.15, -0.1) is 0 Å². The van der Waals surface area contributed by atoms with Crippen LogP contribution in [0.2, 0.25) is 0 Å². The van der Waals surface area contributed by atoms with E-state index in [0.29, 0.717) is 15.3 Å². The van der Waals surface area contributed by atoms with Gasteiger partial charge in [-0.05, 0) is 60.9 Å². The van der Waals surface area contributed by atoms with E-state index in [1.54, 1.807) is 0 Å². The zero-order valence-corrected chi connectivity index (χ0v) is 28.2. The minimum Gasteiger partial charge on any atom is -0.534 e. The number of hydrogen-bond acceptors (Lipinski definition) is 12. The summed E-state index contributed by atoms with van der Waals surface area (Å²) in [6.45, 7) is -0.318. The molecule has 0 radical (unpaired) electrons. The van der Waals surface area contributed by atoms with Crippen LogP contribution in [0.15, 0.2) is 42.5 Å². The number of aromatic carboxylic acids is 1. The number of carboxylic acids is 1. The number of carboxylic acid groups (broad SMARTS) is 1. The molecule has 53 heavy (non-hydrogen) atoms. The summed E-state index contributed by atoms with van der Waals surface area (Å²) in [6, 6.07) is 3.01. The van der Waals surface area contributed by atoms with Crippen LogP contribution in [0.3, 0.4) is 0 Å². The Hall–Kier alpha value is -6.16. The van der Waals surface area contributed by atoms with Crippen molar-refractivity contribution in [2.45, 2.75) is 25.3 Å². The fourth-order valence-corrected chi connectivity index (χ4v) is 6.91. The summed E-state index contributed by atoms with van der Waals surface area (Å²) in [7, 11) is -6.40. The molecule has 1 saturated heterocycles. The molecule has 22 heteroatoms. The number of halogens is 2. The maximum absolute atomic E-state index is 14.6. The van der Waals surface area contributed by atoms with E-state index in [1.807, 2.05) is 0 Å². The van der Waals surface area contributed by atoms with Crippen LogP contribution in [0.5, 0.6) is 23.0 Å². The molecule has 3 aromatic rings. The molecule has 8 N–H and O–H groups in total. The van der Waals surface area contributed by atoms with E-state index in [4.69, 9.17) is 4.65 Å². The first-order valence-corrected chi connectivity index (χ1v) is 17.1. The van der Waals surface area contributed by atoms with Crippen molar-refractivity contribution in [3.05, 3.63) is 81.9 Å². The highest BCUT2D eigenvalue weighted by molar-refractivity contribution is 7.89. The summed E-state index contributed by atoms with van der Waals surface area (Å²) in [5.74, 6) is -11.1. The maximum Gasteiger partial charge on any atom is 0.547 e. The fraction of sp³-hybridized carbons (Fsp3) is 0.258. The van der Waals surface area contributed by atoms with Crippen molar-refractivity contribution in [1.82, 2.24) is 25.2 Å². The normalized spacial score (nSPS) is 16.0. The van der Waals surface area contributed by atoms with Crippen molar-refractivity contribution in [2.24, 2.45) is 0 Å². The average Bonchev–Trinajstić information content (AvgIpc) is 3.50. The fourth-order valence-electron chi connectivity index (χ4n) is 5.63. The standard InChI is InChI=1S/C31H30BF2N5O13S/c1-14-18(13-20(34)25(42)24(14)41)23(28(44)36-21-12-16-4-7-19(33)22(29(45)46)26(16)52-32(21)49)37-30(47)38-9-10-39(31(38)48)53(50,51)11-8-35-27(43)15-2-5-17(40)6-3-15/h2-7,13,21,23,40-42,49H,8-12H2,1H3,(H,35,43)(H,36,44)(H,37,47)(H,45,46)/t21-,23-/m0/s1. The summed E-state index contributed by atoms with van der Waals surface area (Å²) in [6.07, 6.45) is -0.329. The average molecular weight is 761 g/mol. The van der Waals surface area contributed by atoms with Crippen molar-refractivity contribution >= 4 is 47.0 Å². The summed E-state index contributed by atoms with van der Waals surface area (Å²) in [4.78, 5) is 64.7. The summed E-state index contributed by atoms with van der Waals surface area (Å²) >= 11 is 0. The molecule has 1 fully saturated rings. The van der Waals surface area contributed by atoms with E-state index in [1.165, 1.54) is 24.3 Å². The second-order valence-electron chi connectivity index (χ2n) is 11.8.